The molecule has 7 heteroatoms. The molecule has 2 aliphatic rings. The van der Waals surface area contributed by atoms with Crippen LogP contribution in [0.25, 0.3) is 0 Å². The first-order valence-corrected chi connectivity index (χ1v) is 11.0. The van der Waals surface area contributed by atoms with E-state index in [1.54, 1.807) is 0 Å². The van der Waals surface area contributed by atoms with Gasteiger partial charge in [-0.3, -0.25) is 19.3 Å². The van der Waals surface area contributed by atoms with Crippen LogP contribution < -0.4 is 10.6 Å². The van der Waals surface area contributed by atoms with Crippen molar-refractivity contribution in [2.45, 2.75) is 58.9 Å². The van der Waals surface area contributed by atoms with Crippen molar-refractivity contribution in [2.75, 3.05) is 38.0 Å². The standard InChI is InChI=1S/C23H34N4O3/c1-16-12-17(2)22(18(3)13-16)25-20(28)14-24-21(29)15-27-11-5-4-8-19(27)23(30)26-9-6-7-10-26/h12-13,19H,4-11,14-15H2,1-3H3,(H,24,29)(H,25,28). The average molecular weight is 415 g/mol. The first-order valence-electron chi connectivity index (χ1n) is 11.0. The summed E-state index contributed by atoms with van der Waals surface area (Å²) in [7, 11) is 0. The van der Waals surface area contributed by atoms with E-state index in [-0.39, 0.29) is 36.9 Å². The van der Waals surface area contributed by atoms with Crippen LogP contribution in [0, 0.1) is 20.8 Å². The van der Waals surface area contributed by atoms with Gasteiger partial charge in [-0.25, -0.2) is 0 Å². The molecule has 1 unspecified atom stereocenters. The van der Waals surface area contributed by atoms with Crippen LogP contribution in [0.15, 0.2) is 12.1 Å². The number of hydrogen-bond donors (Lipinski definition) is 2. The lowest BCUT2D eigenvalue weighted by Crippen LogP contribution is -2.53. The number of carbonyl (C=O) groups is 3. The fourth-order valence-corrected chi connectivity index (χ4v) is 4.59. The van der Waals surface area contributed by atoms with E-state index in [9.17, 15) is 14.4 Å². The minimum atomic E-state index is -0.248. The van der Waals surface area contributed by atoms with E-state index in [0.29, 0.717) is 0 Å². The Bertz CT molecular complexity index is 779. The van der Waals surface area contributed by atoms with Crippen molar-refractivity contribution < 1.29 is 14.4 Å². The Morgan fingerprint density at radius 2 is 1.57 bits per heavy atom. The number of nitrogens with zero attached hydrogens (tertiary/aromatic N) is 2. The maximum absolute atomic E-state index is 12.8. The second-order valence-electron chi connectivity index (χ2n) is 8.61. The lowest BCUT2D eigenvalue weighted by atomic mass is 10.0. The summed E-state index contributed by atoms with van der Waals surface area (Å²) in [6.45, 7) is 8.41. The topological polar surface area (TPSA) is 81.8 Å². The largest absolute Gasteiger partial charge is 0.346 e. The van der Waals surface area contributed by atoms with E-state index in [1.165, 1.54) is 0 Å². The van der Waals surface area contributed by atoms with Gasteiger partial charge >= 0.3 is 0 Å². The zero-order chi connectivity index (χ0) is 21.7. The molecule has 0 bridgehead atoms. The number of hydrogen-bond acceptors (Lipinski definition) is 4. The molecular weight excluding hydrogens is 380 g/mol. The third kappa shape index (κ3) is 5.59. The van der Waals surface area contributed by atoms with E-state index >= 15 is 0 Å². The van der Waals surface area contributed by atoms with Crippen molar-refractivity contribution in [1.82, 2.24) is 15.1 Å². The molecule has 2 N–H and O–H groups in total. The van der Waals surface area contributed by atoms with E-state index in [4.69, 9.17) is 0 Å². The maximum atomic E-state index is 12.8. The minimum Gasteiger partial charge on any atom is -0.346 e. The van der Waals surface area contributed by atoms with Crippen molar-refractivity contribution >= 4 is 23.4 Å². The molecule has 2 heterocycles. The van der Waals surface area contributed by atoms with Gasteiger partial charge in [-0.1, -0.05) is 24.1 Å². The summed E-state index contributed by atoms with van der Waals surface area (Å²) in [5.41, 5.74) is 3.95. The highest BCUT2D eigenvalue weighted by Gasteiger charge is 2.33. The van der Waals surface area contributed by atoms with E-state index < -0.39 is 0 Å². The number of aryl methyl sites for hydroxylation is 3. The van der Waals surface area contributed by atoms with Crippen LogP contribution in [0.4, 0.5) is 5.69 Å². The molecular formula is C23H34N4O3. The van der Waals surface area contributed by atoms with Crippen molar-refractivity contribution in [3.63, 3.8) is 0 Å². The summed E-state index contributed by atoms with van der Waals surface area (Å²) in [6, 6.07) is 3.83. The van der Waals surface area contributed by atoms with Crippen LogP contribution >= 0.6 is 0 Å². The lowest BCUT2D eigenvalue weighted by Gasteiger charge is -2.36. The monoisotopic (exact) mass is 414 g/mol. The van der Waals surface area contributed by atoms with Crippen LogP contribution in [0.1, 0.15) is 48.8 Å². The minimum absolute atomic E-state index is 0.0792. The fraction of sp³-hybridized carbons (Fsp3) is 0.609. The first-order chi connectivity index (χ1) is 14.3. The third-order valence-corrected chi connectivity index (χ3v) is 6.05. The van der Waals surface area contributed by atoms with Gasteiger partial charge in [-0.05, 0) is 64.1 Å². The van der Waals surface area contributed by atoms with Gasteiger partial charge in [0.05, 0.1) is 19.1 Å². The van der Waals surface area contributed by atoms with E-state index in [1.807, 2.05) is 42.7 Å². The number of carbonyl (C=O) groups excluding carboxylic acids is 3. The van der Waals surface area contributed by atoms with Crippen LogP contribution in [0.5, 0.6) is 0 Å². The van der Waals surface area contributed by atoms with Gasteiger partial charge in [0.15, 0.2) is 0 Å². The number of piperidine rings is 1. The normalized spacial score (nSPS) is 19.6. The molecule has 164 valence electrons. The zero-order valence-electron chi connectivity index (χ0n) is 18.4. The Morgan fingerprint density at radius 3 is 2.23 bits per heavy atom. The maximum Gasteiger partial charge on any atom is 0.243 e. The average Bonchev–Trinajstić information content (AvgIpc) is 3.24. The first kappa shape index (κ1) is 22.3. The van der Waals surface area contributed by atoms with Gasteiger partial charge in [0, 0.05) is 18.8 Å². The van der Waals surface area contributed by atoms with Gasteiger partial charge in [0.25, 0.3) is 0 Å². The molecule has 2 saturated heterocycles. The number of anilines is 1. The Hall–Kier alpha value is -2.41. The SMILES string of the molecule is Cc1cc(C)c(NC(=O)CNC(=O)CN2CCCCC2C(=O)N2CCCC2)c(C)c1. The molecule has 1 atom stereocenters. The number of likely N-dealkylation sites (tertiary alicyclic amines) is 2. The second-order valence-corrected chi connectivity index (χ2v) is 8.61. The zero-order valence-corrected chi connectivity index (χ0v) is 18.4. The smallest absolute Gasteiger partial charge is 0.243 e. The summed E-state index contributed by atoms with van der Waals surface area (Å²) in [6.07, 6.45) is 4.93. The molecule has 1 aromatic rings. The third-order valence-electron chi connectivity index (χ3n) is 6.05. The Labute approximate surface area is 179 Å². The van der Waals surface area contributed by atoms with Gasteiger partial charge in [-0.2, -0.15) is 0 Å². The number of amides is 3. The Balaban J connectivity index is 1.50. The van der Waals surface area contributed by atoms with Gasteiger partial charge in [-0.15, -0.1) is 0 Å². The molecule has 0 radical (unpaired) electrons. The summed E-state index contributed by atoms with van der Waals surface area (Å²) in [4.78, 5) is 41.6. The molecule has 2 fully saturated rings. The summed E-state index contributed by atoms with van der Waals surface area (Å²) >= 11 is 0. The summed E-state index contributed by atoms with van der Waals surface area (Å²) in [5, 5.41) is 5.61. The molecule has 3 rings (SSSR count). The molecule has 0 saturated carbocycles. The molecule has 0 aromatic heterocycles. The highest BCUT2D eigenvalue weighted by Crippen LogP contribution is 2.22. The molecule has 2 aliphatic heterocycles. The van der Waals surface area contributed by atoms with Crippen molar-refractivity contribution in [3.05, 3.63) is 28.8 Å². The Kier molecular flexibility index (Phi) is 7.48. The Morgan fingerprint density at radius 1 is 0.933 bits per heavy atom. The number of nitrogens with one attached hydrogen (secondary N) is 2. The fourth-order valence-electron chi connectivity index (χ4n) is 4.59. The van der Waals surface area contributed by atoms with Crippen LogP contribution in [-0.4, -0.2) is 66.3 Å². The predicted octanol–water partition coefficient (Wildman–Crippen LogP) is 2.14. The highest BCUT2D eigenvalue weighted by atomic mass is 16.2. The highest BCUT2D eigenvalue weighted by molar-refractivity contribution is 5.96. The quantitative estimate of drug-likeness (QED) is 0.747. The molecule has 1 aromatic carbocycles. The van der Waals surface area contributed by atoms with Gasteiger partial charge in [0.2, 0.25) is 17.7 Å². The van der Waals surface area contributed by atoms with Crippen LogP contribution in [-0.2, 0) is 14.4 Å². The van der Waals surface area contributed by atoms with Crippen molar-refractivity contribution in [1.29, 1.82) is 0 Å². The van der Waals surface area contributed by atoms with Crippen LogP contribution in [0.3, 0.4) is 0 Å². The van der Waals surface area contributed by atoms with Gasteiger partial charge in [0.1, 0.15) is 0 Å². The van der Waals surface area contributed by atoms with Gasteiger partial charge < -0.3 is 15.5 Å². The van der Waals surface area contributed by atoms with Crippen molar-refractivity contribution in [3.8, 4) is 0 Å². The summed E-state index contributed by atoms with van der Waals surface area (Å²) < 4.78 is 0. The molecule has 0 aliphatic carbocycles. The second kappa shape index (κ2) is 10.1. The van der Waals surface area contributed by atoms with E-state index in [2.05, 4.69) is 10.6 Å². The molecule has 7 nitrogen and oxygen atoms in total. The molecule has 0 spiro atoms. The molecule has 3 amide bonds. The lowest BCUT2D eigenvalue weighted by molar-refractivity contribution is -0.138. The number of benzene rings is 1. The van der Waals surface area contributed by atoms with E-state index in [0.717, 1.165) is 74.1 Å². The predicted molar refractivity (Wildman–Crippen MR) is 117 cm³/mol. The van der Waals surface area contributed by atoms with Crippen molar-refractivity contribution in [2.24, 2.45) is 0 Å². The number of rotatable bonds is 6. The summed E-state index contributed by atoms with van der Waals surface area (Å²) in [5.74, 6) is -0.312. The molecule has 30 heavy (non-hydrogen) atoms. The van der Waals surface area contributed by atoms with Crippen LogP contribution in [0.2, 0.25) is 0 Å².